The number of halogens is 2. The molecule has 0 saturated carbocycles. The van der Waals surface area contributed by atoms with Gasteiger partial charge in [0.1, 0.15) is 15.8 Å². The average Bonchev–Trinajstić information content (AvgIpc) is 3.28. The van der Waals surface area contributed by atoms with Gasteiger partial charge in [-0.25, -0.2) is 0 Å². The number of thiocarbonyl (C=S) groups is 1. The molecule has 1 aliphatic rings. The molecule has 3 nitrogen and oxygen atoms in total. The molecule has 4 rings (SSSR count). The van der Waals surface area contributed by atoms with Crippen molar-refractivity contribution in [2.45, 2.75) is 6.42 Å². The maximum absolute atomic E-state index is 12.8. The van der Waals surface area contributed by atoms with Crippen molar-refractivity contribution in [2.75, 3.05) is 6.54 Å². The zero-order valence-corrected chi connectivity index (χ0v) is 18.2. The summed E-state index contributed by atoms with van der Waals surface area (Å²) in [5.74, 6) is 1.13. The molecule has 1 aliphatic heterocycles. The van der Waals surface area contributed by atoms with Crippen molar-refractivity contribution in [3.8, 4) is 11.3 Å². The van der Waals surface area contributed by atoms with E-state index in [2.05, 4.69) is 0 Å². The molecular formula is C22H15Cl2NO2S2. The molecule has 1 amide bonds. The second-order valence-corrected chi connectivity index (χ2v) is 8.89. The third-order valence-electron chi connectivity index (χ3n) is 4.44. The number of furan rings is 1. The Labute approximate surface area is 188 Å². The first-order valence-electron chi connectivity index (χ1n) is 8.86. The minimum atomic E-state index is -0.0941. The maximum atomic E-state index is 12.8. The van der Waals surface area contributed by atoms with Gasteiger partial charge in [0, 0.05) is 18.2 Å². The van der Waals surface area contributed by atoms with Crippen LogP contribution in [0.5, 0.6) is 0 Å². The first-order chi connectivity index (χ1) is 14.0. The lowest BCUT2D eigenvalue weighted by Gasteiger charge is -2.14. The second-order valence-electron chi connectivity index (χ2n) is 6.40. The fourth-order valence-corrected chi connectivity index (χ4v) is 4.53. The van der Waals surface area contributed by atoms with Gasteiger partial charge < -0.3 is 4.42 Å². The fraction of sp³-hybridized carbons (Fsp3) is 0.0909. The van der Waals surface area contributed by atoms with E-state index in [0.717, 1.165) is 12.0 Å². The number of thioether (sulfide) groups is 1. The van der Waals surface area contributed by atoms with Crippen molar-refractivity contribution < 1.29 is 9.21 Å². The molecule has 1 fully saturated rings. The smallest absolute Gasteiger partial charge is 0.266 e. The van der Waals surface area contributed by atoms with Gasteiger partial charge in [-0.3, -0.25) is 9.69 Å². The van der Waals surface area contributed by atoms with E-state index >= 15 is 0 Å². The van der Waals surface area contributed by atoms with Crippen LogP contribution >= 0.6 is 47.2 Å². The van der Waals surface area contributed by atoms with Crippen LogP contribution in [-0.4, -0.2) is 21.7 Å². The number of hydrogen-bond acceptors (Lipinski definition) is 4. The minimum Gasteiger partial charge on any atom is -0.457 e. The van der Waals surface area contributed by atoms with Gasteiger partial charge in [0.25, 0.3) is 5.91 Å². The Morgan fingerprint density at radius 3 is 2.59 bits per heavy atom. The number of carbonyl (C=O) groups excluding carboxylic acids is 1. The Balaban J connectivity index is 1.48. The van der Waals surface area contributed by atoms with Crippen LogP contribution < -0.4 is 0 Å². The zero-order chi connectivity index (χ0) is 20.4. The molecular weight excluding hydrogens is 445 g/mol. The zero-order valence-electron chi connectivity index (χ0n) is 15.1. The molecule has 0 atom stereocenters. The standard InChI is InChI=1S/C22H15Cl2NO2S2/c23-17-8-6-15(12-18(17)24)19-9-7-16(27-19)13-20-21(26)25(22(28)29-20)11-10-14-4-2-1-3-5-14/h1-9,12-13H,10-11H2/b20-13+. The summed E-state index contributed by atoms with van der Waals surface area (Å²) in [6.45, 7) is 0.554. The highest BCUT2D eigenvalue weighted by Crippen LogP contribution is 2.34. The van der Waals surface area contributed by atoms with E-state index < -0.39 is 0 Å². The molecule has 2 aromatic carbocycles. The highest BCUT2D eigenvalue weighted by molar-refractivity contribution is 8.26. The van der Waals surface area contributed by atoms with E-state index in [9.17, 15) is 4.79 Å². The summed E-state index contributed by atoms with van der Waals surface area (Å²) in [6, 6.07) is 19.0. The van der Waals surface area contributed by atoms with E-state index in [1.54, 1.807) is 23.1 Å². The van der Waals surface area contributed by atoms with E-state index in [0.29, 0.717) is 37.3 Å². The molecule has 146 valence electrons. The Kier molecular flexibility index (Phi) is 6.11. The van der Waals surface area contributed by atoms with Gasteiger partial charge >= 0.3 is 0 Å². The lowest BCUT2D eigenvalue weighted by Crippen LogP contribution is -2.30. The van der Waals surface area contributed by atoms with Crippen molar-refractivity contribution >= 4 is 63.5 Å². The molecule has 2 heterocycles. The quantitative estimate of drug-likeness (QED) is 0.314. The van der Waals surface area contributed by atoms with Crippen LogP contribution in [0, 0.1) is 0 Å². The van der Waals surface area contributed by atoms with E-state index in [1.165, 1.54) is 17.3 Å². The summed E-state index contributed by atoms with van der Waals surface area (Å²) in [6.07, 6.45) is 2.48. The number of rotatable bonds is 5. The van der Waals surface area contributed by atoms with Crippen LogP contribution in [-0.2, 0) is 11.2 Å². The Morgan fingerprint density at radius 2 is 1.83 bits per heavy atom. The summed E-state index contributed by atoms with van der Waals surface area (Å²) in [5, 5.41) is 0.947. The molecule has 0 unspecified atom stereocenters. The van der Waals surface area contributed by atoms with E-state index in [4.69, 9.17) is 39.8 Å². The molecule has 29 heavy (non-hydrogen) atoms. The Morgan fingerprint density at radius 1 is 1.03 bits per heavy atom. The van der Waals surface area contributed by atoms with Gasteiger partial charge in [0.2, 0.25) is 0 Å². The van der Waals surface area contributed by atoms with Gasteiger partial charge in [-0.05, 0) is 42.3 Å². The minimum absolute atomic E-state index is 0.0941. The molecule has 0 radical (unpaired) electrons. The molecule has 0 N–H and O–H groups in total. The van der Waals surface area contributed by atoms with Gasteiger partial charge in [-0.1, -0.05) is 77.5 Å². The number of carbonyl (C=O) groups is 1. The highest BCUT2D eigenvalue weighted by atomic mass is 35.5. The second kappa shape index (κ2) is 8.76. The molecule has 1 saturated heterocycles. The van der Waals surface area contributed by atoms with Gasteiger partial charge in [-0.15, -0.1) is 0 Å². The fourth-order valence-electron chi connectivity index (χ4n) is 2.94. The monoisotopic (exact) mass is 459 g/mol. The van der Waals surface area contributed by atoms with Crippen LogP contribution in [0.25, 0.3) is 17.4 Å². The van der Waals surface area contributed by atoms with Crippen LogP contribution in [0.1, 0.15) is 11.3 Å². The summed E-state index contributed by atoms with van der Waals surface area (Å²) in [5.41, 5.74) is 1.98. The lowest BCUT2D eigenvalue weighted by atomic mass is 10.1. The summed E-state index contributed by atoms with van der Waals surface area (Å²) in [7, 11) is 0. The summed E-state index contributed by atoms with van der Waals surface area (Å²) >= 11 is 18.7. The van der Waals surface area contributed by atoms with Gasteiger partial charge in [0.05, 0.1) is 15.0 Å². The molecule has 0 bridgehead atoms. The molecule has 1 aromatic heterocycles. The molecule has 3 aromatic rings. The van der Waals surface area contributed by atoms with Crippen molar-refractivity contribution in [1.82, 2.24) is 4.90 Å². The van der Waals surface area contributed by atoms with Gasteiger partial charge in [-0.2, -0.15) is 0 Å². The van der Waals surface area contributed by atoms with E-state index in [1.807, 2.05) is 48.5 Å². The number of benzene rings is 2. The third kappa shape index (κ3) is 4.59. The van der Waals surface area contributed by atoms with Gasteiger partial charge in [0.15, 0.2) is 0 Å². The molecule has 0 aliphatic carbocycles. The number of nitrogens with zero attached hydrogens (tertiary/aromatic N) is 1. The predicted molar refractivity (Wildman–Crippen MR) is 124 cm³/mol. The van der Waals surface area contributed by atoms with Crippen molar-refractivity contribution in [1.29, 1.82) is 0 Å². The Bertz CT molecular complexity index is 1110. The Hall–Kier alpha value is -2.05. The predicted octanol–water partition coefficient (Wildman–Crippen LogP) is 6.70. The van der Waals surface area contributed by atoms with Crippen LogP contribution in [0.15, 0.2) is 70.0 Å². The lowest BCUT2D eigenvalue weighted by molar-refractivity contribution is -0.122. The largest absolute Gasteiger partial charge is 0.457 e. The molecule has 7 heteroatoms. The molecule has 0 spiro atoms. The van der Waals surface area contributed by atoms with Crippen LogP contribution in [0.2, 0.25) is 10.0 Å². The third-order valence-corrected chi connectivity index (χ3v) is 6.56. The summed E-state index contributed by atoms with van der Waals surface area (Å²) in [4.78, 5) is 15.0. The van der Waals surface area contributed by atoms with E-state index in [-0.39, 0.29) is 5.91 Å². The highest BCUT2D eigenvalue weighted by Gasteiger charge is 2.31. The first kappa shape index (κ1) is 20.2. The first-order valence-corrected chi connectivity index (χ1v) is 10.8. The maximum Gasteiger partial charge on any atom is 0.266 e. The number of amides is 1. The van der Waals surface area contributed by atoms with Crippen molar-refractivity contribution in [2.24, 2.45) is 0 Å². The van der Waals surface area contributed by atoms with Crippen molar-refractivity contribution in [3.63, 3.8) is 0 Å². The SMILES string of the molecule is O=C1/C(=C\c2ccc(-c3ccc(Cl)c(Cl)c3)o2)SC(=S)N1CCc1ccccc1. The topological polar surface area (TPSA) is 33.5 Å². The average molecular weight is 460 g/mol. The van der Waals surface area contributed by atoms with Crippen LogP contribution in [0.4, 0.5) is 0 Å². The normalized spacial score (nSPS) is 15.5. The van der Waals surface area contributed by atoms with Crippen LogP contribution in [0.3, 0.4) is 0 Å². The number of hydrogen-bond donors (Lipinski definition) is 0. The van der Waals surface area contributed by atoms with Crippen molar-refractivity contribution in [3.05, 3.63) is 86.9 Å². The summed E-state index contributed by atoms with van der Waals surface area (Å²) < 4.78 is 6.43.